The number of hydrogen-bond acceptors (Lipinski definition) is 4. The van der Waals surface area contributed by atoms with E-state index in [2.05, 4.69) is 23.4 Å². The molecule has 0 N–H and O–H groups in total. The number of rotatable bonds is 2. The number of aryl methyl sites for hydroxylation is 1. The lowest BCUT2D eigenvalue weighted by Crippen LogP contribution is -2.39. The van der Waals surface area contributed by atoms with E-state index >= 15 is 0 Å². The Kier molecular flexibility index (Phi) is 3.92. The van der Waals surface area contributed by atoms with Gasteiger partial charge in [0.15, 0.2) is 5.76 Å². The zero-order valence-corrected chi connectivity index (χ0v) is 14.4. The smallest absolute Gasteiger partial charge is 0.289 e. The van der Waals surface area contributed by atoms with Gasteiger partial charge in [0.05, 0.1) is 24.2 Å². The van der Waals surface area contributed by atoms with Crippen molar-refractivity contribution in [1.29, 1.82) is 0 Å². The summed E-state index contributed by atoms with van der Waals surface area (Å²) in [7, 11) is 2.17. The van der Waals surface area contributed by atoms with Crippen LogP contribution < -0.4 is 0 Å². The predicted octanol–water partition coefficient (Wildman–Crippen LogP) is 2.25. The predicted molar refractivity (Wildman–Crippen MR) is 89.9 cm³/mol. The first-order valence-electron chi connectivity index (χ1n) is 8.70. The summed E-state index contributed by atoms with van der Waals surface area (Å²) in [6.07, 6.45) is 3.84. The van der Waals surface area contributed by atoms with Crippen molar-refractivity contribution in [1.82, 2.24) is 19.4 Å². The number of piperidine rings is 1. The second-order valence-electron chi connectivity index (χ2n) is 6.92. The van der Waals surface area contributed by atoms with Gasteiger partial charge < -0.3 is 18.8 Å². The molecule has 1 fully saturated rings. The van der Waals surface area contributed by atoms with Crippen LogP contribution in [0.15, 0.2) is 22.8 Å². The average molecular weight is 328 g/mol. The Morgan fingerprint density at radius 3 is 2.75 bits per heavy atom. The second kappa shape index (κ2) is 6.09. The molecular weight excluding hydrogens is 304 g/mol. The van der Waals surface area contributed by atoms with E-state index in [9.17, 15) is 4.79 Å². The first kappa shape index (κ1) is 15.4. The third kappa shape index (κ3) is 2.65. The highest BCUT2D eigenvalue weighted by Crippen LogP contribution is 2.32. The number of furan rings is 1. The Balaban J connectivity index is 1.59. The first-order valence-corrected chi connectivity index (χ1v) is 8.70. The van der Waals surface area contributed by atoms with Crippen LogP contribution in [0, 0.1) is 6.92 Å². The van der Waals surface area contributed by atoms with E-state index in [1.54, 1.807) is 18.4 Å². The zero-order valence-electron chi connectivity index (χ0n) is 14.4. The molecule has 0 spiro atoms. The molecular formula is C18H24N4O2. The zero-order chi connectivity index (χ0) is 16.7. The van der Waals surface area contributed by atoms with Crippen LogP contribution in [0.1, 0.15) is 46.5 Å². The summed E-state index contributed by atoms with van der Waals surface area (Å²) in [5.74, 6) is 1.97. The van der Waals surface area contributed by atoms with E-state index in [-0.39, 0.29) is 5.91 Å². The van der Waals surface area contributed by atoms with Gasteiger partial charge in [0.2, 0.25) is 0 Å². The summed E-state index contributed by atoms with van der Waals surface area (Å²) < 4.78 is 7.57. The minimum Gasteiger partial charge on any atom is -0.459 e. The van der Waals surface area contributed by atoms with E-state index in [4.69, 9.17) is 9.40 Å². The molecule has 0 saturated carbocycles. The summed E-state index contributed by atoms with van der Waals surface area (Å²) in [4.78, 5) is 21.7. The van der Waals surface area contributed by atoms with Gasteiger partial charge in [0.1, 0.15) is 5.82 Å². The Bertz CT molecular complexity index is 727. The van der Waals surface area contributed by atoms with Crippen molar-refractivity contribution in [3.8, 4) is 0 Å². The van der Waals surface area contributed by atoms with E-state index in [0.717, 1.165) is 38.3 Å². The summed E-state index contributed by atoms with van der Waals surface area (Å²) in [6, 6.07) is 3.49. The Labute approximate surface area is 142 Å². The molecule has 0 unspecified atom stereocenters. The SMILES string of the molecule is Cc1nc(C2CCN(C)CC2)c2n1CCN(C(=O)c1ccco1)C2. The lowest BCUT2D eigenvalue weighted by molar-refractivity contribution is 0.0676. The molecule has 2 aromatic rings. The van der Waals surface area contributed by atoms with Crippen LogP contribution in [0.2, 0.25) is 0 Å². The van der Waals surface area contributed by atoms with Gasteiger partial charge in [-0.05, 0) is 52.0 Å². The highest BCUT2D eigenvalue weighted by molar-refractivity contribution is 5.91. The van der Waals surface area contributed by atoms with Gasteiger partial charge in [0, 0.05) is 19.0 Å². The van der Waals surface area contributed by atoms with Crippen molar-refractivity contribution in [2.75, 3.05) is 26.7 Å². The highest BCUT2D eigenvalue weighted by atomic mass is 16.3. The lowest BCUT2D eigenvalue weighted by Gasteiger charge is -2.32. The fraction of sp³-hybridized carbons (Fsp3) is 0.556. The van der Waals surface area contributed by atoms with Gasteiger partial charge in [-0.3, -0.25) is 4.79 Å². The summed E-state index contributed by atoms with van der Waals surface area (Å²) in [6.45, 7) is 6.45. The number of hydrogen-bond donors (Lipinski definition) is 0. The molecule has 0 bridgehead atoms. The minimum atomic E-state index is -0.0283. The lowest BCUT2D eigenvalue weighted by atomic mass is 9.92. The van der Waals surface area contributed by atoms with Gasteiger partial charge in [-0.2, -0.15) is 0 Å². The number of likely N-dealkylation sites (tertiary alicyclic amines) is 1. The molecule has 0 atom stereocenters. The number of carbonyl (C=O) groups excluding carboxylic acids is 1. The molecule has 128 valence electrons. The summed E-state index contributed by atoms with van der Waals surface area (Å²) >= 11 is 0. The number of amides is 1. The minimum absolute atomic E-state index is 0.0283. The molecule has 2 aromatic heterocycles. The molecule has 0 radical (unpaired) electrons. The standard InChI is InChI=1S/C18H24N4O2/c1-13-19-17(14-5-7-20(2)8-6-14)15-12-21(9-10-22(13)15)18(23)16-4-3-11-24-16/h3-4,11,14H,5-10,12H2,1-2H3. The Morgan fingerprint density at radius 1 is 1.25 bits per heavy atom. The van der Waals surface area contributed by atoms with Crippen molar-refractivity contribution < 1.29 is 9.21 Å². The molecule has 6 nitrogen and oxygen atoms in total. The van der Waals surface area contributed by atoms with Gasteiger partial charge >= 0.3 is 0 Å². The summed E-state index contributed by atoms with van der Waals surface area (Å²) in [5, 5.41) is 0. The van der Waals surface area contributed by atoms with Crippen LogP contribution in [0.5, 0.6) is 0 Å². The van der Waals surface area contributed by atoms with Crippen molar-refractivity contribution in [2.45, 2.75) is 38.8 Å². The molecule has 1 saturated heterocycles. The van der Waals surface area contributed by atoms with Crippen molar-refractivity contribution in [2.24, 2.45) is 0 Å². The number of imidazole rings is 1. The number of nitrogens with zero attached hydrogens (tertiary/aromatic N) is 4. The molecule has 2 aliphatic heterocycles. The fourth-order valence-corrected chi connectivity index (χ4v) is 3.91. The van der Waals surface area contributed by atoms with Crippen molar-refractivity contribution in [3.05, 3.63) is 41.4 Å². The molecule has 0 aliphatic carbocycles. The van der Waals surface area contributed by atoms with Crippen LogP contribution in [0.3, 0.4) is 0 Å². The Morgan fingerprint density at radius 2 is 2.04 bits per heavy atom. The molecule has 6 heteroatoms. The number of aromatic nitrogens is 2. The van der Waals surface area contributed by atoms with Gasteiger partial charge in [-0.1, -0.05) is 0 Å². The highest BCUT2D eigenvalue weighted by Gasteiger charge is 2.31. The molecule has 4 rings (SSSR count). The van der Waals surface area contributed by atoms with Crippen LogP contribution in [0.25, 0.3) is 0 Å². The van der Waals surface area contributed by atoms with Gasteiger partial charge in [-0.25, -0.2) is 4.98 Å². The van der Waals surface area contributed by atoms with E-state index in [1.807, 2.05) is 4.90 Å². The maximum atomic E-state index is 12.6. The van der Waals surface area contributed by atoms with Crippen molar-refractivity contribution in [3.63, 3.8) is 0 Å². The molecule has 1 amide bonds. The molecule has 0 aromatic carbocycles. The van der Waals surface area contributed by atoms with E-state index < -0.39 is 0 Å². The quantitative estimate of drug-likeness (QED) is 0.848. The third-order valence-corrected chi connectivity index (χ3v) is 5.35. The van der Waals surface area contributed by atoms with E-state index in [1.165, 1.54) is 11.4 Å². The first-order chi connectivity index (χ1) is 11.6. The van der Waals surface area contributed by atoms with Gasteiger partial charge in [-0.15, -0.1) is 0 Å². The fourth-order valence-electron chi connectivity index (χ4n) is 3.91. The van der Waals surface area contributed by atoms with Crippen LogP contribution in [-0.4, -0.2) is 51.9 Å². The normalized spacial score (nSPS) is 19.5. The number of fused-ring (bicyclic) bond motifs is 1. The van der Waals surface area contributed by atoms with Gasteiger partial charge in [0.25, 0.3) is 5.91 Å². The maximum absolute atomic E-state index is 12.6. The van der Waals surface area contributed by atoms with Crippen LogP contribution >= 0.6 is 0 Å². The second-order valence-corrected chi connectivity index (χ2v) is 6.92. The van der Waals surface area contributed by atoms with Crippen molar-refractivity contribution >= 4 is 5.91 Å². The largest absolute Gasteiger partial charge is 0.459 e. The topological polar surface area (TPSA) is 54.5 Å². The molecule has 24 heavy (non-hydrogen) atoms. The monoisotopic (exact) mass is 328 g/mol. The molecule has 4 heterocycles. The average Bonchev–Trinajstić information content (AvgIpc) is 3.23. The van der Waals surface area contributed by atoms with Crippen LogP contribution in [0.4, 0.5) is 0 Å². The summed E-state index contributed by atoms with van der Waals surface area (Å²) in [5.41, 5.74) is 2.42. The molecule has 2 aliphatic rings. The van der Waals surface area contributed by atoms with E-state index in [0.29, 0.717) is 24.8 Å². The third-order valence-electron chi connectivity index (χ3n) is 5.35. The number of carbonyl (C=O) groups is 1. The maximum Gasteiger partial charge on any atom is 0.289 e. The van der Waals surface area contributed by atoms with Crippen LogP contribution in [-0.2, 0) is 13.1 Å². The Hall–Kier alpha value is -2.08.